The Kier molecular flexibility index (Phi) is 2.26. The van der Waals surface area contributed by atoms with Crippen molar-refractivity contribution in [3.05, 3.63) is 0 Å². The fraction of sp³-hybridized carbons (Fsp3) is 0. The molecule has 0 fully saturated rings. The molecular weight excluding hydrogens is 67.6 g/mol. The van der Waals surface area contributed by atoms with Gasteiger partial charge in [-0.25, -0.2) is 0 Å². The molecule has 0 aliphatic carbocycles. The summed E-state index contributed by atoms with van der Waals surface area (Å²) in [7, 11) is 0.0833. The van der Waals surface area contributed by atoms with Gasteiger partial charge in [-0.3, -0.25) is 0 Å². The van der Waals surface area contributed by atoms with Crippen molar-refractivity contribution < 1.29 is 10.0 Å². The van der Waals surface area contributed by atoms with Gasteiger partial charge in [-0.15, -0.1) is 0 Å². The second-order valence-corrected chi connectivity index (χ2v) is 0.662. The van der Waals surface area contributed by atoms with Gasteiger partial charge in [0.05, 0.1) is 0 Å². The van der Waals surface area contributed by atoms with Crippen molar-refractivity contribution in [3.63, 3.8) is 0 Å². The van der Waals surface area contributed by atoms with Crippen molar-refractivity contribution in [1.29, 1.82) is 0 Å². The molecule has 5 heavy (non-hydrogen) atoms. The molecule has 0 aromatic carbocycles. The van der Waals surface area contributed by atoms with Crippen LogP contribution < -0.4 is 5.14 Å². The van der Waals surface area contributed by atoms with E-state index in [0.717, 1.165) is 0 Å². The Morgan fingerprint density at radius 2 is 1.80 bits per heavy atom. The lowest BCUT2D eigenvalue weighted by Crippen LogP contribution is -2.30. The number of hydrogen-bond acceptors (Lipinski definition) is 3. The molecule has 0 heterocycles. The van der Waals surface area contributed by atoms with E-state index >= 15 is 0 Å². The summed E-state index contributed by atoms with van der Waals surface area (Å²) in [6.45, 7) is 0. The van der Waals surface area contributed by atoms with E-state index in [1.165, 1.54) is 7.98 Å². The lowest BCUT2D eigenvalue weighted by molar-refractivity contribution is 0.402. The third-order valence-electron chi connectivity index (χ3n) is 0.258. The highest BCUT2D eigenvalue weighted by atomic mass is 16.4. The first kappa shape index (κ1) is 5.01. The summed E-state index contributed by atoms with van der Waals surface area (Å²) in [5, 5.41) is 17.8. The van der Waals surface area contributed by atoms with Gasteiger partial charge in [0.15, 0.2) is 7.98 Å². The molecule has 0 unspecified atom stereocenters. The Hall–Kier alpha value is 0.00987. The predicted octanol–water partition coefficient (Wildman–Crippen LogP) is -2.91. The summed E-state index contributed by atoms with van der Waals surface area (Å²) in [6.07, 6.45) is 0. The standard InChI is InChI=1S/B2H5NO2/c1-3-2(4)5/h3-5H,1H2. The zero-order valence-corrected chi connectivity index (χ0v) is 2.97. The number of nitrogens with one attached hydrogen (secondary N) is 1. The van der Waals surface area contributed by atoms with E-state index in [0.29, 0.717) is 0 Å². The van der Waals surface area contributed by atoms with E-state index in [4.69, 9.17) is 10.0 Å². The van der Waals surface area contributed by atoms with Gasteiger partial charge in [0, 0.05) is 0 Å². The first-order valence-corrected chi connectivity index (χ1v) is 1.31. The SMILES string of the molecule is BNB(O)O. The van der Waals surface area contributed by atoms with Gasteiger partial charge >= 0.3 is 7.25 Å². The van der Waals surface area contributed by atoms with Crippen LogP contribution in [0.3, 0.4) is 0 Å². The quantitative estimate of drug-likeness (QED) is 0.291. The van der Waals surface area contributed by atoms with Gasteiger partial charge in [-0.1, -0.05) is 0 Å². The molecule has 0 aromatic heterocycles. The first-order chi connectivity index (χ1) is 2.27. The van der Waals surface area contributed by atoms with E-state index in [1.807, 2.05) is 0 Å². The highest BCUT2D eigenvalue weighted by Crippen LogP contribution is 1.42. The van der Waals surface area contributed by atoms with E-state index in [1.54, 1.807) is 0 Å². The molecule has 3 N–H and O–H groups in total. The molecule has 0 radical (unpaired) electrons. The van der Waals surface area contributed by atoms with Crippen LogP contribution in [0.25, 0.3) is 0 Å². The van der Waals surface area contributed by atoms with Crippen molar-refractivity contribution in [1.82, 2.24) is 5.14 Å². The fourth-order valence-electron chi connectivity index (χ4n) is 0. The maximum Gasteiger partial charge on any atom is 0.537 e. The summed E-state index contributed by atoms with van der Waals surface area (Å²) in [6, 6.07) is 0. The number of rotatable bonds is 1. The van der Waals surface area contributed by atoms with Crippen LogP contribution in [-0.2, 0) is 0 Å². The minimum absolute atomic E-state index is 1.37. The molecule has 0 saturated carbocycles. The lowest BCUT2D eigenvalue weighted by Gasteiger charge is -1.85. The third kappa shape index (κ3) is 4.01. The Morgan fingerprint density at radius 1 is 1.60 bits per heavy atom. The van der Waals surface area contributed by atoms with Crippen molar-refractivity contribution in [3.8, 4) is 0 Å². The molecule has 0 aromatic rings. The largest absolute Gasteiger partial charge is 0.537 e. The fourth-order valence-corrected chi connectivity index (χ4v) is 0. The lowest BCUT2D eigenvalue weighted by atomic mass is 10.1. The van der Waals surface area contributed by atoms with Crippen LogP contribution in [-0.4, -0.2) is 25.3 Å². The average molecular weight is 72.7 g/mol. The molecule has 0 atom stereocenters. The molecule has 5 heteroatoms. The van der Waals surface area contributed by atoms with E-state index in [2.05, 4.69) is 5.14 Å². The summed E-state index contributed by atoms with van der Waals surface area (Å²) in [5.41, 5.74) is 0. The topological polar surface area (TPSA) is 52.5 Å². The first-order valence-electron chi connectivity index (χ1n) is 1.31. The summed E-state index contributed by atoms with van der Waals surface area (Å²) in [5.74, 6) is 0. The minimum Gasteiger partial charge on any atom is -0.414 e. The van der Waals surface area contributed by atoms with Crippen LogP contribution in [0.5, 0.6) is 0 Å². The molecule has 3 nitrogen and oxygen atoms in total. The Balaban J connectivity index is 2.54. The predicted molar refractivity (Wildman–Crippen MR) is 21.9 cm³/mol. The maximum atomic E-state index is 7.81. The Morgan fingerprint density at radius 3 is 1.80 bits per heavy atom. The molecule has 0 aliphatic rings. The molecule has 0 spiro atoms. The third-order valence-corrected chi connectivity index (χ3v) is 0.258. The molecule has 0 rings (SSSR count). The van der Waals surface area contributed by atoms with Crippen molar-refractivity contribution in [2.75, 3.05) is 0 Å². The normalized spacial score (nSPS) is 7.60. The van der Waals surface area contributed by atoms with Crippen molar-refractivity contribution in [2.45, 2.75) is 0 Å². The molecule has 0 bridgehead atoms. The second kappa shape index (κ2) is 2.26. The molecular formula is H5B2NO2. The van der Waals surface area contributed by atoms with Gasteiger partial charge in [-0.2, -0.15) is 0 Å². The van der Waals surface area contributed by atoms with Gasteiger partial charge in [0.1, 0.15) is 0 Å². The van der Waals surface area contributed by atoms with Crippen LogP contribution in [0, 0.1) is 0 Å². The second-order valence-electron chi connectivity index (χ2n) is 0.662. The van der Waals surface area contributed by atoms with Crippen LogP contribution in [0.15, 0.2) is 0 Å². The number of hydrogen-bond donors (Lipinski definition) is 3. The van der Waals surface area contributed by atoms with Crippen LogP contribution in [0.1, 0.15) is 0 Å². The summed E-state index contributed by atoms with van der Waals surface area (Å²) < 4.78 is 0. The van der Waals surface area contributed by atoms with Crippen molar-refractivity contribution in [2.24, 2.45) is 0 Å². The molecule has 28 valence electrons. The monoisotopic (exact) mass is 73.1 g/mol. The van der Waals surface area contributed by atoms with Gasteiger partial charge in [-0.05, 0) is 0 Å². The van der Waals surface area contributed by atoms with Gasteiger partial charge in [0.25, 0.3) is 0 Å². The summed E-state index contributed by atoms with van der Waals surface area (Å²) >= 11 is 0. The van der Waals surface area contributed by atoms with Crippen molar-refractivity contribution >= 4 is 15.2 Å². The Labute approximate surface area is 31.6 Å². The summed E-state index contributed by atoms with van der Waals surface area (Å²) in [4.78, 5) is 0. The zero-order valence-electron chi connectivity index (χ0n) is 2.97. The molecule has 0 saturated heterocycles. The zero-order chi connectivity index (χ0) is 4.28. The smallest absolute Gasteiger partial charge is 0.414 e. The minimum atomic E-state index is -1.37. The van der Waals surface area contributed by atoms with E-state index in [9.17, 15) is 0 Å². The maximum absolute atomic E-state index is 7.81. The molecule has 0 amide bonds. The van der Waals surface area contributed by atoms with E-state index in [-0.39, 0.29) is 0 Å². The molecule has 0 aliphatic heterocycles. The van der Waals surface area contributed by atoms with Crippen LogP contribution in [0.4, 0.5) is 0 Å². The highest BCUT2D eigenvalue weighted by Gasteiger charge is 1.96. The van der Waals surface area contributed by atoms with Crippen LogP contribution >= 0.6 is 0 Å². The van der Waals surface area contributed by atoms with Gasteiger partial charge in [0.2, 0.25) is 0 Å². The average Bonchev–Trinajstić information content (AvgIpc) is 1.38. The van der Waals surface area contributed by atoms with Crippen LogP contribution in [0.2, 0.25) is 0 Å². The van der Waals surface area contributed by atoms with E-state index < -0.39 is 7.25 Å². The Bertz CT molecular complexity index is 21.6. The van der Waals surface area contributed by atoms with Gasteiger partial charge < -0.3 is 15.2 Å². The highest BCUT2D eigenvalue weighted by molar-refractivity contribution is 6.46.